The number of amides is 1. The number of carbonyl (C=O) groups excluding carboxylic acids is 1. The second-order valence-corrected chi connectivity index (χ2v) is 4.57. The lowest BCUT2D eigenvalue weighted by molar-refractivity contribution is 0.0505. The predicted molar refractivity (Wildman–Crippen MR) is 54.0 cm³/mol. The fraction of sp³-hybridized carbons (Fsp3) is 0.889. The summed E-state index contributed by atoms with van der Waals surface area (Å²) in [5.74, 6) is 0. The number of carbonyl (C=O) groups is 1. The average molecular weight is 201 g/mol. The molecule has 1 rings (SSSR count). The van der Waals surface area contributed by atoms with Crippen LogP contribution in [-0.4, -0.2) is 36.9 Å². The molecular formula is C9H19N3O2. The topological polar surface area (TPSA) is 76.4 Å². The molecule has 14 heavy (non-hydrogen) atoms. The van der Waals surface area contributed by atoms with Crippen LogP contribution in [-0.2, 0) is 4.74 Å². The smallest absolute Gasteiger partial charge is 0.407 e. The zero-order valence-corrected chi connectivity index (χ0v) is 8.96. The lowest BCUT2D eigenvalue weighted by atomic mass is 10.2. The second-order valence-electron chi connectivity index (χ2n) is 4.57. The third-order valence-corrected chi connectivity index (χ3v) is 1.96. The van der Waals surface area contributed by atoms with Crippen molar-refractivity contribution >= 4 is 6.09 Å². The number of rotatable bonds is 1. The lowest BCUT2D eigenvalue weighted by Gasteiger charge is -2.22. The van der Waals surface area contributed by atoms with E-state index in [1.54, 1.807) is 0 Å². The van der Waals surface area contributed by atoms with Crippen LogP contribution in [0.3, 0.4) is 0 Å². The van der Waals surface area contributed by atoms with Gasteiger partial charge in [-0.1, -0.05) is 0 Å². The van der Waals surface area contributed by atoms with Gasteiger partial charge >= 0.3 is 6.09 Å². The Morgan fingerprint density at radius 2 is 2.14 bits per heavy atom. The summed E-state index contributed by atoms with van der Waals surface area (Å²) in [7, 11) is 0. The fourth-order valence-electron chi connectivity index (χ4n) is 1.32. The summed E-state index contributed by atoms with van der Waals surface area (Å²) in [5, 5.41) is 5.83. The normalized spacial score (nSPS) is 27.4. The van der Waals surface area contributed by atoms with Crippen LogP contribution in [0.4, 0.5) is 4.79 Å². The summed E-state index contributed by atoms with van der Waals surface area (Å²) in [6, 6.07) is -0.0487. The Morgan fingerprint density at radius 1 is 1.50 bits per heavy atom. The second kappa shape index (κ2) is 4.14. The monoisotopic (exact) mass is 201 g/mol. The number of nitrogens with two attached hydrogens (primary N) is 1. The molecule has 1 fully saturated rings. The third-order valence-electron chi connectivity index (χ3n) is 1.96. The van der Waals surface area contributed by atoms with Crippen molar-refractivity contribution < 1.29 is 9.53 Å². The van der Waals surface area contributed by atoms with E-state index in [0.717, 1.165) is 6.54 Å². The van der Waals surface area contributed by atoms with E-state index in [1.807, 2.05) is 20.8 Å². The van der Waals surface area contributed by atoms with Crippen molar-refractivity contribution in [1.29, 1.82) is 0 Å². The number of ether oxygens (including phenoxy) is 1. The summed E-state index contributed by atoms with van der Waals surface area (Å²) in [4.78, 5) is 11.3. The van der Waals surface area contributed by atoms with Crippen LogP contribution < -0.4 is 16.4 Å². The van der Waals surface area contributed by atoms with Gasteiger partial charge < -0.3 is 21.1 Å². The van der Waals surface area contributed by atoms with Crippen molar-refractivity contribution in [3.63, 3.8) is 0 Å². The van der Waals surface area contributed by atoms with Gasteiger partial charge in [0.15, 0.2) is 0 Å². The highest BCUT2D eigenvalue weighted by atomic mass is 16.6. The van der Waals surface area contributed by atoms with Crippen LogP contribution in [0.15, 0.2) is 0 Å². The molecule has 1 amide bonds. The number of alkyl carbamates (subject to hydrolysis) is 1. The van der Waals surface area contributed by atoms with E-state index in [1.165, 1.54) is 0 Å². The van der Waals surface area contributed by atoms with Crippen LogP contribution in [0.25, 0.3) is 0 Å². The number of hydrogen-bond donors (Lipinski definition) is 3. The van der Waals surface area contributed by atoms with E-state index in [2.05, 4.69) is 10.6 Å². The van der Waals surface area contributed by atoms with Gasteiger partial charge in [-0.05, 0) is 20.8 Å². The average Bonchev–Trinajstić information content (AvgIpc) is 2.32. The van der Waals surface area contributed by atoms with Crippen LogP contribution in [0, 0.1) is 0 Å². The van der Waals surface area contributed by atoms with Gasteiger partial charge in [0.05, 0.1) is 6.04 Å². The highest BCUT2D eigenvalue weighted by Gasteiger charge is 2.26. The molecule has 0 aromatic rings. The molecule has 82 valence electrons. The molecule has 1 aliphatic heterocycles. The molecule has 1 aliphatic rings. The molecule has 0 unspecified atom stereocenters. The molecule has 2 atom stereocenters. The van der Waals surface area contributed by atoms with Crippen molar-refractivity contribution in [2.45, 2.75) is 38.5 Å². The summed E-state index contributed by atoms with van der Waals surface area (Å²) < 4.78 is 5.11. The van der Waals surface area contributed by atoms with E-state index in [0.29, 0.717) is 6.54 Å². The molecule has 5 nitrogen and oxygen atoms in total. The van der Waals surface area contributed by atoms with Gasteiger partial charge in [0.1, 0.15) is 5.60 Å². The predicted octanol–water partition coefficient (Wildman–Crippen LogP) is -0.190. The zero-order valence-electron chi connectivity index (χ0n) is 8.96. The van der Waals surface area contributed by atoms with Gasteiger partial charge in [0.25, 0.3) is 0 Å². The molecule has 1 saturated heterocycles. The standard InChI is InChI=1S/C9H19N3O2/c1-9(2,3)14-8(13)12-7-5-11-4-6(7)10/h6-7,11H,4-5,10H2,1-3H3,(H,12,13)/t6-,7+/m0/s1. The highest BCUT2D eigenvalue weighted by molar-refractivity contribution is 5.68. The van der Waals surface area contributed by atoms with Crippen molar-refractivity contribution in [3.8, 4) is 0 Å². The first-order valence-corrected chi connectivity index (χ1v) is 4.84. The Balaban J connectivity index is 2.33. The Morgan fingerprint density at radius 3 is 2.57 bits per heavy atom. The maximum Gasteiger partial charge on any atom is 0.407 e. The van der Waals surface area contributed by atoms with Crippen LogP contribution >= 0.6 is 0 Å². The quantitative estimate of drug-likeness (QED) is 0.549. The first kappa shape index (κ1) is 11.3. The van der Waals surface area contributed by atoms with Crippen molar-refractivity contribution in [2.24, 2.45) is 5.73 Å². The first-order chi connectivity index (χ1) is 6.38. The van der Waals surface area contributed by atoms with E-state index < -0.39 is 11.7 Å². The van der Waals surface area contributed by atoms with Gasteiger partial charge in [-0.2, -0.15) is 0 Å². The van der Waals surface area contributed by atoms with E-state index in [-0.39, 0.29) is 12.1 Å². The Hall–Kier alpha value is -0.810. The van der Waals surface area contributed by atoms with Gasteiger partial charge in [-0.3, -0.25) is 0 Å². The Labute approximate surface area is 84.4 Å². The molecule has 0 saturated carbocycles. The fourth-order valence-corrected chi connectivity index (χ4v) is 1.32. The SMILES string of the molecule is CC(C)(C)OC(=O)N[C@@H]1CNC[C@@H]1N. The highest BCUT2D eigenvalue weighted by Crippen LogP contribution is 2.07. The minimum Gasteiger partial charge on any atom is -0.444 e. The minimum absolute atomic E-state index is 0.0233. The van der Waals surface area contributed by atoms with Crippen LogP contribution in [0.1, 0.15) is 20.8 Å². The van der Waals surface area contributed by atoms with Crippen molar-refractivity contribution in [3.05, 3.63) is 0 Å². The number of hydrogen-bond acceptors (Lipinski definition) is 4. The molecular weight excluding hydrogens is 182 g/mol. The Bertz CT molecular complexity index is 213. The van der Waals surface area contributed by atoms with Gasteiger partial charge in [0, 0.05) is 19.1 Å². The van der Waals surface area contributed by atoms with Crippen LogP contribution in [0.2, 0.25) is 0 Å². The summed E-state index contributed by atoms with van der Waals surface area (Å²) in [5.41, 5.74) is 5.30. The zero-order chi connectivity index (χ0) is 10.8. The van der Waals surface area contributed by atoms with Gasteiger partial charge in [0.2, 0.25) is 0 Å². The molecule has 1 heterocycles. The summed E-state index contributed by atoms with van der Waals surface area (Å²) in [6.07, 6.45) is -0.401. The van der Waals surface area contributed by atoms with Crippen LogP contribution in [0.5, 0.6) is 0 Å². The van der Waals surface area contributed by atoms with E-state index >= 15 is 0 Å². The van der Waals surface area contributed by atoms with Gasteiger partial charge in [-0.15, -0.1) is 0 Å². The molecule has 0 bridgehead atoms. The lowest BCUT2D eigenvalue weighted by Crippen LogP contribution is -2.48. The molecule has 0 aliphatic carbocycles. The van der Waals surface area contributed by atoms with Crippen molar-refractivity contribution in [1.82, 2.24) is 10.6 Å². The Kier molecular flexibility index (Phi) is 3.34. The van der Waals surface area contributed by atoms with Crippen molar-refractivity contribution in [2.75, 3.05) is 13.1 Å². The third kappa shape index (κ3) is 3.51. The maximum absolute atomic E-state index is 11.3. The molecule has 0 aromatic carbocycles. The molecule has 5 heteroatoms. The molecule has 0 spiro atoms. The van der Waals surface area contributed by atoms with E-state index in [4.69, 9.17) is 10.5 Å². The molecule has 0 aromatic heterocycles. The minimum atomic E-state index is -0.458. The first-order valence-electron chi connectivity index (χ1n) is 4.84. The molecule has 4 N–H and O–H groups in total. The molecule has 0 radical (unpaired) electrons. The van der Waals surface area contributed by atoms with E-state index in [9.17, 15) is 4.79 Å². The number of nitrogens with one attached hydrogen (secondary N) is 2. The van der Waals surface area contributed by atoms with Gasteiger partial charge in [-0.25, -0.2) is 4.79 Å². The largest absolute Gasteiger partial charge is 0.444 e. The summed E-state index contributed by atoms with van der Waals surface area (Å²) >= 11 is 0. The summed E-state index contributed by atoms with van der Waals surface area (Å²) in [6.45, 7) is 6.94. The maximum atomic E-state index is 11.3.